The van der Waals surface area contributed by atoms with Gasteiger partial charge < -0.3 is 0 Å². The van der Waals surface area contributed by atoms with Crippen LogP contribution >= 0.6 is 0 Å². The lowest BCUT2D eigenvalue weighted by Gasteiger charge is -2.21. The van der Waals surface area contributed by atoms with Gasteiger partial charge in [-0.05, 0) is 28.5 Å². The lowest BCUT2D eigenvalue weighted by Crippen LogP contribution is -2.39. The molecule has 29 heavy (non-hydrogen) atoms. The van der Waals surface area contributed by atoms with Gasteiger partial charge in [-0.2, -0.15) is 4.41 Å². The maximum Gasteiger partial charge on any atom is 0.267 e. The first-order chi connectivity index (χ1) is 13.9. The number of nitrogens with zero attached hydrogens (tertiary/aromatic N) is 4. The second-order valence-electron chi connectivity index (χ2n) is 6.19. The Morgan fingerprint density at radius 1 is 1.21 bits per heavy atom. The van der Waals surface area contributed by atoms with Crippen LogP contribution in [0.1, 0.15) is 11.1 Å². The van der Waals surface area contributed by atoms with Crippen molar-refractivity contribution >= 4 is 22.0 Å². The van der Waals surface area contributed by atoms with Gasteiger partial charge in [-0.15, -0.1) is 9.89 Å². The molecule has 0 fully saturated rings. The predicted molar refractivity (Wildman–Crippen MR) is 108 cm³/mol. The molecule has 0 spiro atoms. The minimum atomic E-state index is -3.65. The summed E-state index contributed by atoms with van der Waals surface area (Å²) in [6, 6.07) is 16.3. The number of sulfonamides is 1. The van der Waals surface area contributed by atoms with E-state index in [0.717, 1.165) is 22.3 Å². The van der Waals surface area contributed by atoms with Crippen molar-refractivity contribution in [3.05, 3.63) is 78.0 Å². The van der Waals surface area contributed by atoms with Crippen molar-refractivity contribution in [2.45, 2.75) is 6.54 Å². The minimum Gasteiger partial charge on any atom is -0.288 e. The van der Waals surface area contributed by atoms with Gasteiger partial charge in [0.1, 0.15) is 5.69 Å². The zero-order chi connectivity index (χ0) is 20.9. The van der Waals surface area contributed by atoms with Crippen LogP contribution in [0.5, 0.6) is 0 Å². The van der Waals surface area contributed by atoms with Crippen molar-refractivity contribution < 1.29 is 18.4 Å². The quantitative estimate of drug-likeness (QED) is 0.345. The highest BCUT2D eigenvalue weighted by Crippen LogP contribution is 2.17. The van der Waals surface area contributed by atoms with Gasteiger partial charge in [0.05, 0.1) is 19.0 Å². The van der Waals surface area contributed by atoms with Crippen molar-refractivity contribution in [3.63, 3.8) is 0 Å². The molecule has 9 nitrogen and oxygen atoms in total. The number of nitrogens with one attached hydrogen (secondary N) is 1. The molecule has 0 aliphatic carbocycles. The van der Waals surface area contributed by atoms with Gasteiger partial charge in [0.15, 0.2) is 0 Å². The van der Waals surface area contributed by atoms with Crippen LogP contribution in [0.3, 0.4) is 0 Å². The SMILES string of the molecule is CS(=O)(=O)N(Cc1cccc(/C=C/C(=O)NO)c1)n1cc(-c2ccccc2)nn1. The molecule has 3 rings (SSSR count). The monoisotopic (exact) mass is 413 g/mol. The summed E-state index contributed by atoms with van der Waals surface area (Å²) in [4.78, 5) is 12.3. The molecular formula is C19H19N5O4S. The first-order valence-electron chi connectivity index (χ1n) is 8.53. The Balaban J connectivity index is 1.87. The fourth-order valence-electron chi connectivity index (χ4n) is 2.61. The molecule has 0 radical (unpaired) electrons. The Bertz CT molecular complexity index is 1130. The van der Waals surface area contributed by atoms with Crippen molar-refractivity contribution in [2.75, 3.05) is 10.7 Å². The minimum absolute atomic E-state index is 0.0182. The Kier molecular flexibility index (Phi) is 6.05. The number of hydrogen-bond donors (Lipinski definition) is 2. The van der Waals surface area contributed by atoms with Crippen molar-refractivity contribution in [3.8, 4) is 11.3 Å². The van der Waals surface area contributed by atoms with E-state index < -0.39 is 15.9 Å². The molecule has 1 amide bonds. The first kappa shape index (κ1) is 20.2. The van der Waals surface area contributed by atoms with Crippen LogP contribution in [0.25, 0.3) is 17.3 Å². The summed E-state index contributed by atoms with van der Waals surface area (Å²) in [6.07, 6.45) is 5.30. The molecule has 0 aliphatic rings. The highest BCUT2D eigenvalue weighted by Gasteiger charge is 2.20. The van der Waals surface area contributed by atoms with Crippen molar-refractivity contribution in [1.82, 2.24) is 20.6 Å². The Morgan fingerprint density at radius 2 is 1.97 bits per heavy atom. The van der Waals surface area contributed by atoms with E-state index in [9.17, 15) is 13.2 Å². The highest BCUT2D eigenvalue weighted by atomic mass is 32.2. The van der Waals surface area contributed by atoms with E-state index in [2.05, 4.69) is 10.3 Å². The number of rotatable bonds is 7. The molecule has 0 saturated carbocycles. The third kappa shape index (κ3) is 5.27. The number of hydrogen-bond acceptors (Lipinski definition) is 6. The molecule has 0 bridgehead atoms. The van der Waals surface area contributed by atoms with Crippen LogP contribution in [0, 0.1) is 0 Å². The van der Waals surface area contributed by atoms with Crippen LogP contribution in [-0.4, -0.2) is 40.9 Å². The average molecular weight is 413 g/mol. The normalized spacial score (nSPS) is 11.5. The van der Waals surface area contributed by atoms with Crippen molar-refractivity contribution in [2.24, 2.45) is 0 Å². The van der Waals surface area contributed by atoms with E-state index in [1.807, 2.05) is 30.3 Å². The summed E-state index contributed by atoms with van der Waals surface area (Å²) in [7, 11) is -3.65. The highest BCUT2D eigenvalue weighted by molar-refractivity contribution is 7.91. The molecule has 1 aromatic heterocycles. The molecule has 3 aromatic rings. The number of carbonyl (C=O) groups excluding carboxylic acids is 1. The maximum atomic E-state index is 12.4. The van der Waals surface area contributed by atoms with E-state index in [-0.39, 0.29) is 6.54 Å². The van der Waals surface area contributed by atoms with Gasteiger partial charge >= 0.3 is 0 Å². The summed E-state index contributed by atoms with van der Waals surface area (Å²) < 4.78 is 25.8. The predicted octanol–water partition coefficient (Wildman–Crippen LogP) is 1.56. The summed E-state index contributed by atoms with van der Waals surface area (Å²) in [5.41, 5.74) is 4.22. The molecule has 1 heterocycles. The average Bonchev–Trinajstić information content (AvgIpc) is 3.20. The van der Waals surface area contributed by atoms with E-state index in [4.69, 9.17) is 5.21 Å². The standard InChI is InChI=1S/C19H19N5O4S/c1-29(27,28)24(23-14-18(20-22-23)17-8-3-2-4-9-17)13-16-7-5-6-15(12-16)10-11-19(25)21-26/h2-12,14,26H,13H2,1H3,(H,21,25)/b11-10+. The maximum absolute atomic E-state index is 12.4. The van der Waals surface area contributed by atoms with Crippen LogP contribution in [0.2, 0.25) is 0 Å². The number of hydroxylamine groups is 1. The van der Waals surface area contributed by atoms with Gasteiger partial charge in [0, 0.05) is 11.6 Å². The first-order valence-corrected chi connectivity index (χ1v) is 10.4. The van der Waals surface area contributed by atoms with Crippen LogP contribution < -0.4 is 9.89 Å². The molecule has 2 N–H and O–H groups in total. The molecule has 150 valence electrons. The number of amides is 1. The largest absolute Gasteiger partial charge is 0.288 e. The lowest BCUT2D eigenvalue weighted by atomic mass is 10.1. The lowest BCUT2D eigenvalue weighted by molar-refractivity contribution is -0.124. The van der Waals surface area contributed by atoms with Crippen LogP contribution in [0.4, 0.5) is 0 Å². The summed E-state index contributed by atoms with van der Waals surface area (Å²) in [6.45, 7) is 0.0182. The molecule has 10 heteroatoms. The van der Waals surface area contributed by atoms with Gasteiger partial charge in [0.25, 0.3) is 5.91 Å². The van der Waals surface area contributed by atoms with Gasteiger partial charge in [-0.1, -0.05) is 48.5 Å². The fourth-order valence-corrected chi connectivity index (χ4v) is 3.37. The van der Waals surface area contributed by atoms with Gasteiger partial charge in [-0.3, -0.25) is 10.0 Å². The van der Waals surface area contributed by atoms with Gasteiger partial charge in [-0.25, -0.2) is 13.9 Å². The summed E-state index contributed by atoms with van der Waals surface area (Å²) >= 11 is 0. The number of benzene rings is 2. The second-order valence-corrected chi connectivity index (χ2v) is 8.08. The third-order valence-corrected chi connectivity index (χ3v) is 5.03. The van der Waals surface area contributed by atoms with Crippen molar-refractivity contribution in [1.29, 1.82) is 0 Å². The Labute approximate surface area is 167 Å². The van der Waals surface area contributed by atoms with Crippen LogP contribution in [0.15, 0.2) is 66.9 Å². The van der Waals surface area contributed by atoms with E-state index in [1.165, 1.54) is 16.3 Å². The Morgan fingerprint density at radius 3 is 2.66 bits per heavy atom. The topological polar surface area (TPSA) is 117 Å². The second kappa shape index (κ2) is 8.67. The van der Waals surface area contributed by atoms with Crippen LogP contribution in [-0.2, 0) is 21.4 Å². The molecule has 0 saturated heterocycles. The van der Waals surface area contributed by atoms with E-state index in [1.54, 1.807) is 30.5 Å². The molecular weight excluding hydrogens is 394 g/mol. The molecule has 0 unspecified atom stereocenters. The smallest absolute Gasteiger partial charge is 0.267 e. The molecule has 2 aromatic carbocycles. The molecule has 0 aliphatic heterocycles. The van der Waals surface area contributed by atoms with E-state index >= 15 is 0 Å². The third-order valence-electron chi connectivity index (χ3n) is 3.97. The fraction of sp³-hybridized carbons (Fsp3) is 0.105. The van der Waals surface area contributed by atoms with E-state index in [0.29, 0.717) is 16.8 Å². The Hall–Kier alpha value is -3.50. The number of carbonyl (C=O) groups is 1. The molecule has 0 atom stereocenters. The summed E-state index contributed by atoms with van der Waals surface area (Å²) in [5.74, 6) is -0.663. The zero-order valence-electron chi connectivity index (χ0n) is 15.5. The van der Waals surface area contributed by atoms with Gasteiger partial charge in [0.2, 0.25) is 10.0 Å². The summed E-state index contributed by atoms with van der Waals surface area (Å²) in [5, 5.41) is 16.6. The zero-order valence-corrected chi connectivity index (χ0v) is 16.3. The number of aromatic nitrogens is 3.